The highest BCUT2D eigenvalue weighted by atomic mass is 16.5. The van der Waals surface area contributed by atoms with Gasteiger partial charge < -0.3 is 4.74 Å². The van der Waals surface area contributed by atoms with Gasteiger partial charge in [-0.05, 0) is 0 Å². The number of Topliss-reactive ketones (excluding diaryl/α,β-unsaturated/α-hetero) is 1. The van der Waals surface area contributed by atoms with Gasteiger partial charge in [0.15, 0.2) is 11.4 Å². The van der Waals surface area contributed by atoms with Crippen molar-refractivity contribution in [3.63, 3.8) is 0 Å². The number of ether oxygens (including phenoxy) is 1. The van der Waals surface area contributed by atoms with E-state index >= 15 is 0 Å². The van der Waals surface area contributed by atoms with Crippen LogP contribution < -0.4 is 4.74 Å². The van der Waals surface area contributed by atoms with Gasteiger partial charge in [-0.3, -0.25) is 4.79 Å². The molecule has 72 valence electrons. The van der Waals surface area contributed by atoms with Crippen LogP contribution in [0.1, 0.15) is 17.4 Å². The molecule has 0 saturated carbocycles. The average Bonchev–Trinajstić information content (AvgIpc) is 2.59. The van der Waals surface area contributed by atoms with E-state index in [4.69, 9.17) is 4.74 Å². The summed E-state index contributed by atoms with van der Waals surface area (Å²) in [5, 5.41) is 4.04. The number of methoxy groups -OCH3 is 1. The second-order valence-corrected chi connectivity index (χ2v) is 2.87. The Balaban J connectivity index is 2.65. The fourth-order valence-electron chi connectivity index (χ4n) is 1.21. The Kier molecular flexibility index (Phi) is 1.92. The van der Waals surface area contributed by atoms with Gasteiger partial charge in [0.25, 0.3) is 0 Å². The molecule has 2 aromatic rings. The van der Waals surface area contributed by atoms with E-state index in [1.54, 1.807) is 19.4 Å². The predicted octanol–water partition coefficient (Wildman–Crippen LogP) is 0.940. The fourth-order valence-corrected chi connectivity index (χ4v) is 1.21. The molecule has 0 aliphatic carbocycles. The van der Waals surface area contributed by atoms with Gasteiger partial charge in [-0.25, -0.2) is 9.50 Å². The lowest BCUT2D eigenvalue weighted by Gasteiger charge is -1.99. The number of nitrogens with zero attached hydrogens (tertiary/aromatic N) is 3. The summed E-state index contributed by atoms with van der Waals surface area (Å²) in [4.78, 5) is 15.2. The zero-order valence-electron chi connectivity index (χ0n) is 7.89. The molecule has 14 heavy (non-hydrogen) atoms. The number of hydrogen-bond donors (Lipinski definition) is 0. The zero-order valence-corrected chi connectivity index (χ0v) is 7.89. The average molecular weight is 191 g/mol. The molecule has 0 N–H and O–H groups in total. The first-order chi connectivity index (χ1) is 6.72. The molecular formula is C9H9N3O2. The lowest BCUT2D eigenvalue weighted by atomic mass is 10.3. The van der Waals surface area contributed by atoms with Crippen molar-refractivity contribution in [3.05, 3.63) is 24.2 Å². The van der Waals surface area contributed by atoms with Crippen LogP contribution in [0.2, 0.25) is 0 Å². The minimum atomic E-state index is -0.0600. The summed E-state index contributed by atoms with van der Waals surface area (Å²) in [5.74, 6) is 0.563. The molecule has 0 amide bonds. The molecule has 2 heterocycles. The second kappa shape index (κ2) is 3.10. The molecule has 0 saturated heterocycles. The molecule has 2 aromatic heterocycles. The molecule has 0 atom stereocenters. The third kappa shape index (κ3) is 1.22. The van der Waals surface area contributed by atoms with E-state index in [0.717, 1.165) is 0 Å². The quantitative estimate of drug-likeness (QED) is 0.663. The summed E-state index contributed by atoms with van der Waals surface area (Å²) in [6.07, 6.45) is 3.05. The largest absolute Gasteiger partial charge is 0.495 e. The maximum Gasteiger partial charge on any atom is 0.179 e. The minimum absolute atomic E-state index is 0.0600. The maximum absolute atomic E-state index is 11.1. The molecule has 0 aliphatic heterocycles. The number of fused-ring (bicyclic) bond motifs is 1. The summed E-state index contributed by atoms with van der Waals surface area (Å²) in [7, 11) is 1.56. The molecule has 0 radical (unpaired) electrons. The van der Waals surface area contributed by atoms with Crippen molar-refractivity contribution in [2.24, 2.45) is 0 Å². The van der Waals surface area contributed by atoms with Gasteiger partial charge in [0, 0.05) is 13.0 Å². The van der Waals surface area contributed by atoms with Crippen LogP contribution in [-0.2, 0) is 0 Å². The van der Waals surface area contributed by atoms with Crippen LogP contribution in [0.25, 0.3) is 5.65 Å². The molecule has 5 nitrogen and oxygen atoms in total. The van der Waals surface area contributed by atoms with Crippen molar-refractivity contribution in [3.8, 4) is 5.75 Å². The van der Waals surface area contributed by atoms with E-state index in [1.807, 2.05) is 0 Å². The first kappa shape index (κ1) is 8.68. The van der Waals surface area contributed by atoms with Crippen molar-refractivity contribution < 1.29 is 9.53 Å². The van der Waals surface area contributed by atoms with Gasteiger partial charge in [-0.1, -0.05) is 0 Å². The molecule has 5 heteroatoms. The molecule has 0 aliphatic rings. The topological polar surface area (TPSA) is 56.5 Å². The molecule has 0 spiro atoms. The molecule has 0 aromatic carbocycles. The van der Waals surface area contributed by atoms with E-state index in [1.165, 1.54) is 17.6 Å². The van der Waals surface area contributed by atoms with Crippen molar-refractivity contribution in [2.45, 2.75) is 6.92 Å². The van der Waals surface area contributed by atoms with Crippen molar-refractivity contribution >= 4 is 11.4 Å². The third-order valence-electron chi connectivity index (χ3n) is 1.93. The summed E-state index contributed by atoms with van der Waals surface area (Å²) in [6.45, 7) is 1.48. The maximum atomic E-state index is 11.1. The first-order valence-electron chi connectivity index (χ1n) is 4.11. The summed E-state index contributed by atoms with van der Waals surface area (Å²) < 4.78 is 6.48. The van der Waals surface area contributed by atoms with E-state index in [2.05, 4.69) is 10.1 Å². The Hall–Kier alpha value is -1.91. The van der Waals surface area contributed by atoms with Crippen LogP contribution in [0.15, 0.2) is 18.5 Å². The van der Waals surface area contributed by atoms with Gasteiger partial charge in [-0.2, -0.15) is 5.10 Å². The lowest BCUT2D eigenvalue weighted by molar-refractivity contribution is 0.101. The van der Waals surface area contributed by atoms with Crippen LogP contribution in [0.3, 0.4) is 0 Å². The van der Waals surface area contributed by atoms with Crippen LogP contribution in [0, 0.1) is 0 Å². The number of imidazole rings is 1. The molecular weight excluding hydrogens is 182 g/mol. The molecule has 2 rings (SSSR count). The van der Waals surface area contributed by atoms with E-state index in [0.29, 0.717) is 17.1 Å². The molecule has 0 unspecified atom stereocenters. The first-order valence-corrected chi connectivity index (χ1v) is 4.11. The van der Waals surface area contributed by atoms with Crippen LogP contribution >= 0.6 is 0 Å². The second-order valence-electron chi connectivity index (χ2n) is 2.87. The van der Waals surface area contributed by atoms with Crippen LogP contribution in [0.4, 0.5) is 0 Å². The highest BCUT2D eigenvalue weighted by molar-refractivity contribution is 5.92. The van der Waals surface area contributed by atoms with E-state index in [9.17, 15) is 4.79 Å². The number of hydrogen-bond acceptors (Lipinski definition) is 4. The van der Waals surface area contributed by atoms with Crippen molar-refractivity contribution in [1.29, 1.82) is 0 Å². The summed E-state index contributed by atoms with van der Waals surface area (Å²) in [6, 6.07) is 1.72. The molecule has 0 fully saturated rings. The minimum Gasteiger partial charge on any atom is -0.495 e. The van der Waals surface area contributed by atoms with E-state index in [-0.39, 0.29) is 5.78 Å². The standard InChI is InChI=1S/C9H9N3O2/c1-6(13)8-5-10-9-3-7(14-2)4-11-12(8)9/h3-5H,1-2H3. The number of ketones is 1. The zero-order chi connectivity index (χ0) is 10.1. The fraction of sp³-hybridized carbons (Fsp3) is 0.222. The van der Waals surface area contributed by atoms with Crippen LogP contribution in [0.5, 0.6) is 5.75 Å². The number of rotatable bonds is 2. The third-order valence-corrected chi connectivity index (χ3v) is 1.93. The number of carbonyl (C=O) groups excluding carboxylic acids is 1. The Labute approximate surface area is 80.3 Å². The van der Waals surface area contributed by atoms with Crippen molar-refractivity contribution in [2.75, 3.05) is 7.11 Å². The lowest BCUT2D eigenvalue weighted by Crippen LogP contribution is -2.01. The monoisotopic (exact) mass is 191 g/mol. The van der Waals surface area contributed by atoms with Gasteiger partial charge >= 0.3 is 0 Å². The predicted molar refractivity (Wildman–Crippen MR) is 49.5 cm³/mol. The van der Waals surface area contributed by atoms with Crippen molar-refractivity contribution in [1.82, 2.24) is 14.6 Å². The Morgan fingerprint density at radius 3 is 2.93 bits per heavy atom. The van der Waals surface area contributed by atoms with E-state index < -0.39 is 0 Å². The number of aromatic nitrogens is 3. The Morgan fingerprint density at radius 1 is 1.50 bits per heavy atom. The van der Waals surface area contributed by atoms with Gasteiger partial charge in [-0.15, -0.1) is 0 Å². The van der Waals surface area contributed by atoms with Gasteiger partial charge in [0.2, 0.25) is 0 Å². The summed E-state index contributed by atoms with van der Waals surface area (Å²) in [5.41, 5.74) is 1.08. The normalized spacial score (nSPS) is 10.4. The Bertz CT molecular complexity index is 490. The van der Waals surface area contributed by atoms with Crippen LogP contribution in [-0.4, -0.2) is 27.5 Å². The Morgan fingerprint density at radius 2 is 2.29 bits per heavy atom. The molecule has 0 bridgehead atoms. The number of carbonyl (C=O) groups is 1. The summed E-state index contributed by atoms with van der Waals surface area (Å²) >= 11 is 0. The van der Waals surface area contributed by atoms with Gasteiger partial charge in [0.1, 0.15) is 11.4 Å². The van der Waals surface area contributed by atoms with Gasteiger partial charge in [0.05, 0.1) is 19.5 Å². The highest BCUT2D eigenvalue weighted by Gasteiger charge is 2.08. The smallest absolute Gasteiger partial charge is 0.179 e. The highest BCUT2D eigenvalue weighted by Crippen LogP contribution is 2.12. The SMILES string of the molecule is COc1cnn2c(C(C)=O)cnc2c1.